The van der Waals surface area contributed by atoms with Gasteiger partial charge in [0.2, 0.25) is 29.5 Å². The molecule has 52 nitrogen and oxygen atoms in total. The Kier molecular flexibility index (Phi) is 34.1. The number of aliphatic hydroxyl groups is 23. The summed E-state index contributed by atoms with van der Waals surface area (Å²) < 4.78 is 86.8. The first-order valence-corrected chi connectivity index (χ1v) is 36.4. The van der Waals surface area contributed by atoms with Crippen LogP contribution in [0.2, 0.25) is 0 Å². The zero-order valence-electron chi connectivity index (χ0n) is 62.3. The standard InChI is InChI=1S/C64H105N5O47/c1-16(76)65-31-21(81)6-63(61(98)99,114-51(31)36(85)23(83)8-70)103-15-30-38(87)44(93)45(94)58(109-30)110-49-28(13-75)108-57(34(43(49)92)68-19(4)79)113-53-39(88)25(10-72)105-59(46(53)95)111-48-27(12-74)107-56(33(42(48)91)67-18(3)78)102-14-29-41(90)50(35(55(97)104-29)69-20(5)80)112-60-47(96)54(40(89)26(11-73)106-60)116-64(62(100)101)7-22(82)32(66-17(2)77)52(115-64)37(86)24(84)9-71/h21-60,70-75,81-97H,6-15H2,1-5H3,(H,65,76)(H,66,77)(H,67,78)(H,68,79)(H,69,80)(H,98,99)(H,100,101)/t21-,22-,23+,24+,25+,26+,27+,28+,29+,30+,31+,32+,33+,34+,35+,36+,37+,38-,39-,40-,41-,42+,43+,44-,45+,46+,47+,48+,49+,50+,51+,52+,53-,54-,55?,56+,57-,58-,59-,60-,63+,64-/m0/s1. The van der Waals surface area contributed by atoms with Crippen LogP contribution in [0, 0.1) is 0 Å². The van der Waals surface area contributed by atoms with Crippen LogP contribution >= 0.6 is 0 Å². The maximum atomic E-state index is 13.2. The van der Waals surface area contributed by atoms with E-state index in [0.29, 0.717) is 0 Å². The third-order valence-electron chi connectivity index (χ3n) is 20.6. The van der Waals surface area contributed by atoms with Gasteiger partial charge in [-0.15, -0.1) is 0 Å². The van der Waals surface area contributed by atoms with E-state index in [1.54, 1.807) is 0 Å². The molecule has 30 N–H and O–H groups in total. The molecule has 0 aromatic rings. The summed E-state index contributed by atoms with van der Waals surface area (Å²) in [6, 6.07) is -9.09. The number of aliphatic carboxylic acids is 2. The Bertz CT molecular complexity index is 3240. The molecule has 0 aromatic carbocycles. The second-order valence-corrected chi connectivity index (χ2v) is 29.0. The SMILES string of the molecule is CC(=O)N[C@H]1[C@H](O[C@H]2[C@@H](O)[C@@H](CO)O[C@@H](O[C@H]3[C@H](O)[C@@H](NC(C)=O)[C@H](OC[C@H]4OC(O)[C@H](NC(C)=O)[C@@H](O[C@@H]5O[C@H](CO)[C@H](O)[C@H](O[C@]6(C(=O)O)C[C@H](O)[C@@H](NC(C)=O)[C@H]([C@H](O)[C@H](O)CO)O6)[C@H]5O)[C@H]4O)O[C@@H]3CO)[C@@H]2O)O[C@H](CO)[C@@H](O[C@@H]2O[C@H](CO[C@]3(C(=O)O)C[C@H](O)[C@@H](NC(C)=O)[C@H]([C@H](O)[C@H](O)CO)O3)[C@H](O)[C@H](O)[C@H]2O)[C@@H]1O. The molecule has 8 heterocycles. The van der Waals surface area contributed by atoms with Crippen molar-refractivity contribution in [3.8, 4) is 0 Å². The summed E-state index contributed by atoms with van der Waals surface area (Å²) in [6.07, 6.45) is -77.4. The molecule has 116 heavy (non-hydrogen) atoms. The number of ether oxygens (including phenoxy) is 15. The van der Waals surface area contributed by atoms with Crippen molar-refractivity contribution < 1.29 is 232 Å². The first-order chi connectivity index (χ1) is 54.5. The fraction of sp³-hybridized carbons (Fsp3) is 0.891. The number of amides is 5. The second-order valence-electron chi connectivity index (χ2n) is 29.0. The predicted molar refractivity (Wildman–Crippen MR) is 357 cm³/mol. The van der Waals surface area contributed by atoms with Gasteiger partial charge in [0, 0.05) is 47.5 Å². The Morgan fingerprint density at radius 1 is 0.362 bits per heavy atom. The summed E-state index contributed by atoms with van der Waals surface area (Å²) >= 11 is 0. The zero-order chi connectivity index (χ0) is 86.3. The molecule has 5 amide bonds. The van der Waals surface area contributed by atoms with E-state index in [1.807, 2.05) is 0 Å². The van der Waals surface area contributed by atoms with Crippen LogP contribution in [-0.2, 0) is 105 Å². The molecule has 8 aliphatic heterocycles. The summed E-state index contributed by atoms with van der Waals surface area (Å²) in [5.74, 6) is -15.0. The molecular weight excluding hydrogens is 1590 g/mol. The summed E-state index contributed by atoms with van der Waals surface area (Å²) in [5.41, 5.74) is 0. The highest BCUT2D eigenvalue weighted by molar-refractivity contribution is 5.78. The van der Waals surface area contributed by atoms with E-state index < -0.39 is 364 Å². The number of hydrogen-bond acceptors (Lipinski definition) is 45. The lowest BCUT2D eigenvalue weighted by molar-refractivity contribution is -0.383. The average molecular weight is 1700 g/mol. The maximum absolute atomic E-state index is 13.2. The molecule has 8 aliphatic rings. The van der Waals surface area contributed by atoms with Gasteiger partial charge in [0.05, 0.1) is 77.1 Å². The lowest BCUT2D eigenvalue weighted by atomic mass is 9.88. The van der Waals surface area contributed by atoms with Crippen LogP contribution in [0.3, 0.4) is 0 Å². The zero-order valence-corrected chi connectivity index (χ0v) is 62.3. The van der Waals surface area contributed by atoms with Crippen LogP contribution in [0.25, 0.3) is 0 Å². The van der Waals surface area contributed by atoms with Gasteiger partial charge in [-0.1, -0.05) is 0 Å². The molecule has 8 saturated heterocycles. The van der Waals surface area contributed by atoms with Gasteiger partial charge in [-0.2, -0.15) is 0 Å². The topological polar surface area (TPSA) is 824 Å². The third kappa shape index (κ3) is 21.4. The maximum Gasteiger partial charge on any atom is 0.364 e. The van der Waals surface area contributed by atoms with Gasteiger partial charge >= 0.3 is 11.9 Å². The molecule has 42 atom stereocenters. The number of carbonyl (C=O) groups is 7. The highest BCUT2D eigenvalue weighted by atomic mass is 16.8. The van der Waals surface area contributed by atoms with Crippen molar-refractivity contribution in [1.29, 1.82) is 0 Å². The lowest BCUT2D eigenvalue weighted by Gasteiger charge is -2.51. The van der Waals surface area contributed by atoms with E-state index in [9.17, 15) is 161 Å². The van der Waals surface area contributed by atoms with Crippen molar-refractivity contribution in [2.75, 3.05) is 52.9 Å². The largest absolute Gasteiger partial charge is 0.477 e. The van der Waals surface area contributed by atoms with Crippen LogP contribution in [0.5, 0.6) is 0 Å². The van der Waals surface area contributed by atoms with Crippen LogP contribution in [0.4, 0.5) is 0 Å². The number of rotatable bonds is 33. The van der Waals surface area contributed by atoms with E-state index in [1.165, 1.54) is 0 Å². The second kappa shape index (κ2) is 41.1. The molecule has 0 bridgehead atoms. The van der Waals surface area contributed by atoms with Gasteiger partial charge in [0.1, 0.15) is 183 Å². The molecule has 8 rings (SSSR count). The summed E-state index contributed by atoms with van der Waals surface area (Å²) in [5, 5.41) is 287. The molecule has 1 unspecified atom stereocenters. The number of carboxylic acid groups (broad SMARTS) is 2. The Morgan fingerprint density at radius 3 is 1.16 bits per heavy atom. The van der Waals surface area contributed by atoms with Crippen molar-refractivity contribution in [2.45, 2.75) is 304 Å². The third-order valence-corrected chi connectivity index (χ3v) is 20.6. The molecule has 0 aromatic heterocycles. The van der Waals surface area contributed by atoms with Crippen molar-refractivity contribution in [1.82, 2.24) is 26.6 Å². The lowest BCUT2D eigenvalue weighted by Crippen LogP contribution is -2.71. The smallest absolute Gasteiger partial charge is 0.364 e. The molecule has 0 spiro atoms. The number of hydrogen-bond donors (Lipinski definition) is 30. The Morgan fingerprint density at radius 2 is 0.716 bits per heavy atom. The molecule has 668 valence electrons. The minimum Gasteiger partial charge on any atom is -0.477 e. The van der Waals surface area contributed by atoms with E-state index >= 15 is 0 Å². The summed E-state index contributed by atoms with van der Waals surface area (Å²) in [6.45, 7) is -4.49. The molecule has 52 heteroatoms. The Hall–Kier alpha value is -5.23. The fourth-order valence-electron chi connectivity index (χ4n) is 14.7. The van der Waals surface area contributed by atoms with Gasteiger partial charge in [-0.3, -0.25) is 24.0 Å². The van der Waals surface area contributed by atoms with Crippen LogP contribution < -0.4 is 26.6 Å². The Balaban J connectivity index is 0.970. The molecule has 0 radical (unpaired) electrons. The predicted octanol–water partition coefficient (Wildman–Crippen LogP) is -19.3. The summed E-state index contributed by atoms with van der Waals surface area (Å²) in [4.78, 5) is 88.7. The highest BCUT2D eigenvalue weighted by Gasteiger charge is 2.63. The van der Waals surface area contributed by atoms with E-state index in [2.05, 4.69) is 26.6 Å². The van der Waals surface area contributed by atoms with Gasteiger partial charge in [-0.05, 0) is 0 Å². The number of aliphatic hydroxyl groups excluding tert-OH is 23. The molecular formula is C64H105N5O47. The van der Waals surface area contributed by atoms with Crippen molar-refractivity contribution in [3.05, 3.63) is 0 Å². The quantitative estimate of drug-likeness (QED) is 0.0290. The van der Waals surface area contributed by atoms with Crippen molar-refractivity contribution in [2.24, 2.45) is 0 Å². The summed E-state index contributed by atoms with van der Waals surface area (Å²) in [7, 11) is 0. The highest BCUT2D eigenvalue weighted by Crippen LogP contribution is 2.42. The van der Waals surface area contributed by atoms with Crippen molar-refractivity contribution >= 4 is 41.5 Å². The number of nitrogens with one attached hydrogen (secondary N) is 5. The van der Waals surface area contributed by atoms with Crippen LogP contribution in [0.15, 0.2) is 0 Å². The minimum absolute atomic E-state index is 0.824. The average Bonchev–Trinajstić information content (AvgIpc) is 0.752. The molecule has 0 aliphatic carbocycles. The monoisotopic (exact) mass is 1700 g/mol. The van der Waals surface area contributed by atoms with E-state index in [0.717, 1.165) is 34.6 Å². The van der Waals surface area contributed by atoms with Gasteiger partial charge in [0.25, 0.3) is 11.6 Å². The van der Waals surface area contributed by atoms with Gasteiger partial charge in [-0.25, -0.2) is 9.59 Å². The minimum atomic E-state index is -3.27. The normalized spacial score (nSPS) is 44.6. The number of carboxylic acids is 2. The van der Waals surface area contributed by atoms with Gasteiger partial charge in [0.15, 0.2) is 37.7 Å². The molecule has 0 saturated carbocycles. The van der Waals surface area contributed by atoms with E-state index in [4.69, 9.17) is 71.1 Å². The Labute approximate surface area is 655 Å². The van der Waals surface area contributed by atoms with Gasteiger partial charge < -0.3 is 225 Å². The van der Waals surface area contributed by atoms with Crippen LogP contribution in [0.1, 0.15) is 47.5 Å². The van der Waals surface area contributed by atoms with Crippen LogP contribution in [-0.4, -0.2) is 479 Å². The number of carbonyl (C=O) groups excluding carboxylic acids is 5. The fourth-order valence-corrected chi connectivity index (χ4v) is 14.7. The first-order valence-electron chi connectivity index (χ1n) is 36.4. The van der Waals surface area contributed by atoms with Crippen molar-refractivity contribution in [3.63, 3.8) is 0 Å². The van der Waals surface area contributed by atoms with E-state index in [-0.39, 0.29) is 0 Å². The molecule has 8 fully saturated rings. The first kappa shape index (κ1) is 96.2.